The molecule has 0 saturated heterocycles. The number of hydrogen-bond acceptors (Lipinski definition) is 2. The Bertz CT molecular complexity index is 995. The van der Waals surface area contributed by atoms with Crippen molar-refractivity contribution >= 4 is 44.4 Å². The summed E-state index contributed by atoms with van der Waals surface area (Å²) in [7, 11) is 0. The molecule has 23 heavy (non-hydrogen) atoms. The molecule has 118 valence electrons. The van der Waals surface area contributed by atoms with Crippen molar-refractivity contribution in [2.24, 2.45) is 0 Å². The fourth-order valence-corrected chi connectivity index (χ4v) is 2.66. The summed E-state index contributed by atoms with van der Waals surface area (Å²) < 4.78 is 51.5. The van der Waals surface area contributed by atoms with Gasteiger partial charge >= 0.3 is 0 Å². The van der Waals surface area contributed by atoms with E-state index in [4.69, 9.17) is 0 Å². The summed E-state index contributed by atoms with van der Waals surface area (Å²) in [5, 5.41) is 13.0. The lowest BCUT2D eigenvalue weighted by Gasteiger charge is -1.91. The Morgan fingerprint density at radius 3 is 2.35 bits per heavy atom. The Kier molecular flexibility index (Phi) is 4.20. The van der Waals surface area contributed by atoms with Crippen LogP contribution in [-0.2, 0) is 0 Å². The molecule has 2 N–H and O–H groups in total. The summed E-state index contributed by atoms with van der Waals surface area (Å²) in [6.45, 7) is 0. The first-order valence-corrected chi connectivity index (χ1v) is 7.30. The minimum absolute atomic E-state index is 0.311. The van der Waals surface area contributed by atoms with E-state index in [1.165, 1.54) is 18.3 Å². The maximum absolute atomic E-state index is 13.0. The van der Waals surface area contributed by atoms with E-state index < -0.39 is 23.3 Å². The molecule has 4 nitrogen and oxygen atoms in total. The van der Waals surface area contributed by atoms with E-state index in [0.717, 1.165) is 12.1 Å². The van der Waals surface area contributed by atoms with E-state index in [0.29, 0.717) is 25.5 Å². The highest BCUT2D eigenvalue weighted by Gasteiger charge is 2.09. The van der Waals surface area contributed by atoms with E-state index in [2.05, 4.69) is 20.4 Å². The summed E-state index contributed by atoms with van der Waals surface area (Å²) in [6, 6.07) is 4.07. The Morgan fingerprint density at radius 1 is 0.870 bits per heavy atom. The van der Waals surface area contributed by atoms with Gasteiger partial charge in [-0.05, 0) is 28.7 Å². The third-order valence-corrected chi connectivity index (χ3v) is 3.78. The molecular formula is C14H7F4IN4. The van der Waals surface area contributed by atoms with Crippen LogP contribution in [0.1, 0.15) is 0 Å². The summed E-state index contributed by atoms with van der Waals surface area (Å²) in [4.78, 5) is 0. The van der Waals surface area contributed by atoms with Crippen LogP contribution in [0.2, 0.25) is 0 Å². The van der Waals surface area contributed by atoms with Gasteiger partial charge in [-0.25, -0.2) is 17.6 Å². The zero-order chi connectivity index (χ0) is 16.6. The highest BCUT2D eigenvalue weighted by Crippen LogP contribution is 2.21. The van der Waals surface area contributed by atoms with E-state index >= 15 is 0 Å². The zero-order valence-electron chi connectivity index (χ0n) is 11.2. The SMILES string of the molecule is Fc1cc(F)c2c(I)[nH]nc2c1.Fc1cc(F)c2cn[nH]c2c1. The van der Waals surface area contributed by atoms with Crippen LogP contribution in [0.25, 0.3) is 21.8 Å². The van der Waals surface area contributed by atoms with Crippen molar-refractivity contribution in [2.45, 2.75) is 0 Å². The number of nitrogens with zero attached hydrogens (tertiary/aromatic N) is 2. The highest BCUT2D eigenvalue weighted by atomic mass is 127. The van der Waals surface area contributed by atoms with E-state index in [1.807, 2.05) is 22.6 Å². The molecule has 4 rings (SSSR count). The van der Waals surface area contributed by atoms with E-state index in [1.54, 1.807) is 0 Å². The Balaban J connectivity index is 0.000000136. The van der Waals surface area contributed by atoms with Crippen molar-refractivity contribution in [3.8, 4) is 0 Å². The predicted molar refractivity (Wildman–Crippen MR) is 84.7 cm³/mol. The normalized spacial score (nSPS) is 10.8. The number of nitrogens with one attached hydrogen (secondary N) is 2. The molecule has 2 aromatic carbocycles. The molecule has 0 bridgehead atoms. The minimum atomic E-state index is -0.608. The third kappa shape index (κ3) is 3.14. The second kappa shape index (κ2) is 6.14. The van der Waals surface area contributed by atoms with Gasteiger partial charge < -0.3 is 0 Å². The topological polar surface area (TPSA) is 57.4 Å². The molecule has 0 amide bonds. The van der Waals surface area contributed by atoms with Gasteiger partial charge in [-0.1, -0.05) is 0 Å². The van der Waals surface area contributed by atoms with Gasteiger partial charge in [0.25, 0.3) is 0 Å². The van der Waals surface area contributed by atoms with Gasteiger partial charge in [0, 0.05) is 18.2 Å². The molecule has 0 saturated carbocycles. The number of benzene rings is 2. The van der Waals surface area contributed by atoms with Crippen LogP contribution < -0.4 is 0 Å². The maximum atomic E-state index is 13.0. The summed E-state index contributed by atoms with van der Waals surface area (Å²) in [5.74, 6) is -2.38. The zero-order valence-corrected chi connectivity index (χ0v) is 13.3. The number of H-pyrrole nitrogens is 2. The second-order valence-corrected chi connectivity index (χ2v) is 5.62. The van der Waals surface area contributed by atoms with Crippen molar-refractivity contribution in [3.63, 3.8) is 0 Å². The molecule has 0 spiro atoms. The first-order valence-electron chi connectivity index (χ1n) is 6.22. The average Bonchev–Trinajstić information content (AvgIpc) is 3.06. The van der Waals surface area contributed by atoms with Gasteiger partial charge in [-0.2, -0.15) is 10.2 Å². The van der Waals surface area contributed by atoms with Crippen molar-refractivity contribution in [1.29, 1.82) is 0 Å². The van der Waals surface area contributed by atoms with E-state index in [9.17, 15) is 17.6 Å². The molecule has 0 aliphatic heterocycles. The van der Waals surface area contributed by atoms with Gasteiger partial charge in [-0.15, -0.1) is 0 Å². The highest BCUT2D eigenvalue weighted by molar-refractivity contribution is 14.1. The van der Waals surface area contributed by atoms with Crippen LogP contribution in [0.15, 0.2) is 30.5 Å². The van der Waals surface area contributed by atoms with Gasteiger partial charge in [-0.3, -0.25) is 10.2 Å². The number of rotatable bonds is 0. The number of halogens is 5. The lowest BCUT2D eigenvalue weighted by Crippen LogP contribution is -1.81. The van der Waals surface area contributed by atoms with E-state index in [-0.39, 0.29) is 0 Å². The summed E-state index contributed by atoms with van der Waals surface area (Å²) in [6.07, 6.45) is 1.32. The standard InChI is InChI=1S/C7H3F2IN2.C7H4F2N2/c8-3-1-4(9)6-5(2-3)11-12-7(6)10;8-4-1-6(9)5-3-10-11-7(5)2-4/h1-2H,(H,11,12);1-3H,(H,10,11). The number of fused-ring (bicyclic) bond motifs is 2. The van der Waals surface area contributed by atoms with Gasteiger partial charge in [0.05, 0.1) is 28.0 Å². The third-order valence-electron chi connectivity index (χ3n) is 3.00. The fraction of sp³-hybridized carbons (Fsp3) is 0. The molecule has 0 fully saturated rings. The average molecular weight is 434 g/mol. The smallest absolute Gasteiger partial charge is 0.138 e. The molecule has 2 aromatic heterocycles. The molecule has 0 aliphatic carbocycles. The first-order chi connectivity index (χ1) is 11.0. The van der Waals surface area contributed by atoms with Crippen molar-refractivity contribution < 1.29 is 17.6 Å². The number of hydrogen-bond donors (Lipinski definition) is 2. The van der Waals surface area contributed by atoms with Gasteiger partial charge in [0.15, 0.2) is 0 Å². The van der Waals surface area contributed by atoms with Crippen LogP contribution in [0, 0.1) is 27.0 Å². The number of aromatic amines is 2. The quantitative estimate of drug-likeness (QED) is 0.321. The molecular weight excluding hydrogens is 427 g/mol. The Labute approximate surface area is 140 Å². The Hall–Kier alpha value is -2.17. The van der Waals surface area contributed by atoms with Crippen LogP contribution in [0.3, 0.4) is 0 Å². The van der Waals surface area contributed by atoms with Crippen molar-refractivity contribution in [3.05, 3.63) is 57.4 Å². The van der Waals surface area contributed by atoms with Gasteiger partial charge in [0.1, 0.15) is 27.0 Å². The number of aromatic nitrogens is 4. The van der Waals surface area contributed by atoms with Crippen LogP contribution >= 0.6 is 22.6 Å². The maximum Gasteiger partial charge on any atom is 0.138 e. The fourth-order valence-electron chi connectivity index (χ4n) is 2.01. The van der Waals surface area contributed by atoms with Crippen LogP contribution in [-0.4, -0.2) is 20.4 Å². The van der Waals surface area contributed by atoms with Gasteiger partial charge in [0.2, 0.25) is 0 Å². The molecule has 0 unspecified atom stereocenters. The molecule has 9 heteroatoms. The molecule has 0 atom stereocenters. The lowest BCUT2D eigenvalue weighted by atomic mass is 10.2. The molecule has 0 radical (unpaired) electrons. The summed E-state index contributed by atoms with van der Waals surface area (Å²) in [5.41, 5.74) is 0.694. The second-order valence-electron chi connectivity index (χ2n) is 4.54. The minimum Gasteiger partial charge on any atom is -0.278 e. The largest absolute Gasteiger partial charge is 0.278 e. The summed E-state index contributed by atoms with van der Waals surface area (Å²) >= 11 is 1.91. The van der Waals surface area contributed by atoms with Crippen LogP contribution in [0.5, 0.6) is 0 Å². The predicted octanol–water partition coefficient (Wildman–Crippen LogP) is 4.29. The van der Waals surface area contributed by atoms with Crippen molar-refractivity contribution in [1.82, 2.24) is 20.4 Å². The molecule has 2 heterocycles. The van der Waals surface area contributed by atoms with Crippen molar-refractivity contribution in [2.75, 3.05) is 0 Å². The molecule has 0 aliphatic rings. The van der Waals surface area contributed by atoms with Crippen LogP contribution in [0.4, 0.5) is 17.6 Å². The Morgan fingerprint density at radius 2 is 1.57 bits per heavy atom. The molecule has 4 aromatic rings. The first kappa shape index (κ1) is 15.7. The lowest BCUT2D eigenvalue weighted by molar-refractivity contribution is 0.591. The monoisotopic (exact) mass is 434 g/mol.